The van der Waals surface area contributed by atoms with Crippen LogP contribution in [0, 0.1) is 5.82 Å². The van der Waals surface area contributed by atoms with Crippen molar-refractivity contribution in [1.82, 2.24) is 4.98 Å². The zero-order valence-electron chi connectivity index (χ0n) is 6.95. The average molecular weight is 195 g/mol. The maximum absolute atomic E-state index is 12.7. The monoisotopic (exact) mass is 195 g/mol. The molecule has 0 saturated carbocycles. The zero-order chi connectivity index (χ0) is 10.1. The van der Waals surface area contributed by atoms with Gasteiger partial charge in [-0.1, -0.05) is 0 Å². The van der Waals surface area contributed by atoms with Crippen molar-refractivity contribution in [3.05, 3.63) is 30.1 Å². The number of H-pyrrole nitrogens is 1. The van der Waals surface area contributed by atoms with Crippen molar-refractivity contribution in [2.75, 3.05) is 0 Å². The molecule has 0 aliphatic heterocycles. The minimum atomic E-state index is -1.41. The van der Waals surface area contributed by atoms with Gasteiger partial charge in [0.2, 0.25) is 5.88 Å². The summed E-state index contributed by atoms with van der Waals surface area (Å²) in [6, 6.07) is 5.59. The predicted octanol–water partition coefficient (Wildman–Crippen LogP) is 2.36. The van der Waals surface area contributed by atoms with Crippen LogP contribution in [0.5, 0.6) is 5.88 Å². The number of ether oxygens (including phenoxy) is 1. The second-order valence-electron chi connectivity index (χ2n) is 2.73. The molecule has 0 radical (unpaired) electrons. The minimum Gasteiger partial charge on any atom is -0.449 e. The van der Waals surface area contributed by atoms with Gasteiger partial charge in [0.25, 0.3) is 0 Å². The molecule has 0 aliphatic rings. The lowest BCUT2D eigenvalue weighted by Gasteiger charge is -1.91. The fraction of sp³-hybridized carbons (Fsp3) is 0. The summed E-state index contributed by atoms with van der Waals surface area (Å²) in [5.74, 6) is -0.306. The molecule has 1 aromatic carbocycles. The molecule has 0 unspecified atom stereocenters. The van der Waals surface area contributed by atoms with Crippen LogP contribution in [0.15, 0.2) is 24.3 Å². The molecular formula is C9H6FNO3. The number of fused-ring (bicyclic) bond motifs is 1. The third-order valence-electron chi connectivity index (χ3n) is 1.76. The van der Waals surface area contributed by atoms with Crippen LogP contribution < -0.4 is 4.74 Å². The number of carbonyl (C=O) groups is 1. The van der Waals surface area contributed by atoms with Gasteiger partial charge in [-0.3, -0.25) is 0 Å². The van der Waals surface area contributed by atoms with Gasteiger partial charge in [0.1, 0.15) is 5.82 Å². The lowest BCUT2D eigenvalue weighted by molar-refractivity contribution is 0.143. The standard InChI is InChI=1S/C9H6FNO3/c10-6-2-1-5-3-8(14-9(12)13)11-7(5)4-6/h1-4,11H,(H,12,13). The van der Waals surface area contributed by atoms with Crippen LogP contribution in [0.2, 0.25) is 0 Å². The molecular weight excluding hydrogens is 189 g/mol. The smallest absolute Gasteiger partial charge is 0.449 e. The molecule has 2 rings (SSSR count). The van der Waals surface area contributed by atoms with E-state index in [1.54, 1.807) is 0 Å². The molecule has 0 aliphatic carbocycles. The van der Waals surface area contributed by atoms with Gasteiger partial charge in [-0.2, -0.15) is 0 Å². The predicted molar refractivity (Wildman–Crippen MR) is 46.9 cm³/mol. The Kier molecular flexibility index (Phi) is 1.85. The summed E-state index contributed by atoms with van der Waals surface area (Å²) in [6.45, 7) is 0. The molecule has 2 aromatic rings. The molecule has 1 heterocycles. The number of aromatic amines is 1. The van der Waals surface area contributed by atoms with E-state index in [4.69, 9.17) is 5.11 Å². The Hall–Kier alpha value is -2.04. The quantitative estimate of drug-likeness (QED) is 0.686. The van der Waals surface area contributed by atoms with Gasteiger partial charge >= 0.3 is 6.16 Å². The summed E-state index contributed by atoms with van der Waals surface area (Å²) < 4.78 is 17.1. The van der Waals surface area contributed by atoms with E-state index < -0.39 is 6.16 Å². The fourth-order valence-corrected chi connectivity index (χ4v) is 1.22. The van der Waals surface area contributed by atoms with E-state index in [0.29, 0.717) is 10.9 Å². The van der Waals surface area contributed by atoms with Crippen LogP contribution >= 0.6 is 0 Å². The van der Waals surface area contributed by atoms with E-state index in [1.165, 1.54) is 24.3 Å². The number of nitrogens with one attached hydrogen (secondary N) is 1. The summed E-state index contributed by atoms with van der Waals surface area (Å²) in [5.41, 5.74) is 0.501. The molecule has 0 spiro atoms. The van der Waals surface area contributed by atoms with Crippen LogP contribution in [-0.2, 0) is 0 Å². The Morgan fingerprint density at radius 1 is 1.43 bits per heavy atom. The summed E-state index contributed by atoms with van der Waals surface area (Å²) in [4.78, 5) is 12.8. The molecule has 4 nitrogen and oxygen atoms in total. The Morgan fingerprint density at radius 2 is 2.21 bits per heavy atom. The first-order valence-corrected chi connectivity index (χ1v) is 3.84. The highest BCUT2D eigenvalue weighted by Gasteiger charge is 2.05. The number of hydrogen-bond donors (Lipinski definition) is 2. The van der Waals surface area contributed by atoms with Crippen molar-refractivity contribution < 1.29 is 19.0 Å². The lowest BCUT2D eigenvalue weighted by atomic mass is 10.2. The second kappa shape index (κ2) is 3.02. The van der Waals surface area contributed by atoms with Gasteiger partial charge in [0.15, 0.2) is 0 Å². The van der Waals surface area contributed by atoms with Crippen molar-refractivity contribution in [1.29, 1.82) is 0 Å². The van der Waals surface area contributed by atoms with E-state index in [0.717, 1.165) is 0 Å². The fourth-order valence-electron chi connectivity index (χ4n) is 1.22. The van der Waals surface area contributed by atoms with Crippen LogP contribution in [-0.4, -0.2) is 16.2 Å². The first-order valence-electron chi connectivity index (χ1n) is 3.84. The van der Waals surface area contributed by atoms with Crippen molar-refractivity contribution in [3.8, 4) is 5.88 Å². The first-order chi connectivity index (χ1) is 6.65. The van der Waals surface area contributed by atoms with E-state index in [2.05, 4.69) is 9.72 Å². The summed E-state index contributed by atoms with van der Waals surface area (Å²) in [5, 5.41) is 9.03. The third kappa shape index (κ3) is 1.52. The van der Waals surface area contributed by atoms with Gasteiger partial charge in [-0.15, -0.1) is 0 Å². The zero-order valence-corrected chi connectivity index (χ0v) is 6.95. The van der Waals surface area contributed by atoms with Crippen LogP contribution in [0.25, 0.3) is 10.9 Å². The van der Waals surface area contributed by atoms with Crippen molar-refractivity contribution in [2.24, 2.45) is 0 Å². The highest BCUT2D eigenvalue weighted by Crippen LogP contribution is 2.21. The SMILES string of the molecule is O=C(O)Oc1cc2ccc(F)cc2[nH]1. The molecule has 14 heavy (non-hydrogen) atoms. The van der Waals surface area contributed by atoms with Crippen molar-refractivity contribution in [2.45, 2.75) is 0 Å². The lowest BCUT2D eigenvalue weighted by Crippen LogP contribution is -2.02. The maximum atomic E-state index is 12.7. The Bertz CT molecular complexity index is 492. The Labute approximate surface area is 77.9 Å². The Balaban J connectivity index is 2.46. The van der Waals surface area contributed by atoms with E-state index in [1.807, 2.05) is 0 Å². The van der Waals surface area contributed by atoms with Crippen LogP contribution in [0.3, 0.4) is 0 Å². The number of carboxylic acid groups (broad SMARTS) is 1. The number of aromatic nitrogens is 1. The van der Waals surface area contributed by atoms with Crippen molar-refractivity contribution in [3.63, 3.8) is 0 Å². The van der Waals surface area contributed by atoms with E-state index in [9.17, 15) is 9.18 Å². The minimum absolute atomic E-state index is 0.0816. The summed E-state index contributed by atoms with van der Waals surface area (Å²) in [7, 11) is 0. The molecule has 5 heteroatoms. The van der Waals surface area contributed by atoms with Gasteiger partial charge in [0.05, 0.1) is 5.52 Å². The second-order valence-corrected chi connectivity index (χ2v) is 2.73. The maximum Gasteiger partial charge on any atom is 0.512 e. The number of rotatable bonds is 1. The molecule has 0 amide bonds. The molecule has 0 saturated heterocycles. The summed E-state index contributed by atoms with van der Waals surface area (Å²) in [6.07, 6.45) is -1.41. The molecule has 0 fully saturated rings. The van der Waals surface area contributed by atoms with Crippen LogP contribution in [0.4, 0.5) is 9.18 Å². The third-order valence-corrected chi connectivity index (χ3v) is 1.76. The number of hydrogen-bond acceptors (Lipinski definition) is 2. The number of halogens is 1. The topological polar surface area (TPSA) is 62.3 Å². The van der Waals surface area contributed by atoms with Crippen LogP contribution in [0.1, 0.15) is 0 Å². The largest absolute Gasteiger partial charge is 0.512 e. The van der Waals surface area contributed by atoms with E-state index in [-0.39, 0.29) is 11.7 Å². The van der Waals surface area contributed by atoms with Gasteiger partial charge in [-0.25, -0.2) is 9.18 Å². The summed E-state index contributed by atoms with van der Waals surface area (Å²) >= 11 is 0. The highest BCUT2D eigenvalue weighted by molar-refractivity contribution is 5.82. The van der Waals surface area contributed by atoms with Crippen molar-refractivity contribution >= 4 is 17.1 Å². The average Bonchev–Trinajstić information content (AvgIpc) is 2.44. The Morgan fingerprint density at radius 3 is 2.93 bits per heavy atom. The van der Waals surface area contributed by atoms with Gasteiger partial charge in [-0.05, 0) is 18.2 Å². The normalized spacial score (nSPS) is 10.4. The van der Waals surface area contributed by atoms with Gasteiger partial charge < -0.3 is 14.8 Å². The van der Waals surface area contributed by atoms with Gasteiger partial charge in [0, 0.05) is 11.5 Å². The van der Waals surface area contributed by atoms with E-state index >= 15 is 0 Å². The molecule has 0 atom stereocenters. The molecule has 1 aromatic heterocycles. The molecule has 2 N–H and O–H groups in total. The highest BCUT2D eigenvalue weighted by atomic mass is 19.1. The number of benzene rings is 1. The molecule has 72 valence electrons. The first kappa shape index (κ1) is 8.55. The molecule has 0 bridgehead atoms.